The van der Waals surface area contributed by atoms with Crippen molar-refractivity contribution in [2.45, 2.75) is 39.2 Å². The van der Waals surface area contributed by atoms with Gasteiger partial charge in [0, 0.05) is 11.4 Å². The van der Waals surface area contributed by atoms with Crippen molar-refractivity contribution in [1.82, 2.24) is 0 Å². The van der Waals surface area contributed by atoms with Crippen molar-refractivity contribution in [3.63, 3.8) is 0 Å². The van der Waals surface area contributed by atoms with Gasteiger partial charge in [0.15, 0.2) is 0 Å². The van der Waals surface area contributed by atoms with Gasteiger partial charge < -0.3 is 4.74 Å². The molecule has 3 heteroatoms. The molecule has 2 nitrogen and oxygen atoms in total. The normalized spacial score (nSPS) is 12.5. The van der Waals surface area contributed by atoms with E-state index in [-0.39, 0.29) is 6.04 Å². The monoisotopic (exact) mass is 329 g/mol. The highest BCUT2D eigenvalue weighted by Gasteiger charge is 2.06. The predicted octanol–water partition coefficient (Wildman–Crippen LogP) is 5.89. The molecular weight excluding hydrogens is 306 g/mol. The summed E-state index contributed by atoms with van der Waals surface area (Å²) in [4.78, 5) is 4.59. The van der Waals surface area contributed by atoms with Crippen LogP contribution in [-0.2, 0) is 6.42 Å². The smallest absolute Gasteiger partial charge is 0.119 e. The van der Waals surface area contributed by atoms with Gasteiger partial charge in [0.05, 0.1) is 12.6 Å². The molecule has 0 radical (unpaired) electrons. The minimum absolute atomic E-state index is 0.248. The molecule has 0 amide bonds. The van der Waals surface area contributed by atoms with Crippen LogP contribution in [0.2, 0.25) is 5.02 Å². The lowest BCUT2D eigenvalue weighted by molar-refractivity contribution is 0.322. The second-order valence-corrected chi connectivity index (χ2v) is 5.89. The Hall–Kier alpha value is -1.80. The van der Waals surface area contributed by atoms with Gasteiger partial charge in [-0.1, -0.05) is 49.7 Å². The van der Waals surface area contributed by atoms with Gasteiger partial charge in [0.2, 0.25) is 0 Å². The van der Waals surface area contributed by atoms with Crippen molar-refractivity contribution in [2.75, 3.05) is 6.61 Å². The molecule has 0 saturated heterocycles. The SMILES string of the molecule is CCC=NC(CC)c1ccc(OCCc2ccc(Cl)cc2)cc1. The fraction of sp³-hybridized carbons (Fsp3) is 0.350. The topological polar surface area (TPSA) is 21.6 Å². The molecule has 122 valence electrons. The summed E-state index contributed by atoms with van der Waals surface area (Å²) in [6, 6.07) is 16.4. The van der Waals surface area contributed by atoms with E-state index in [1.807, 2.05) is 42.6 Å². The summed E-state index contributed by atoms with van der Waals surface area (Å²) in [7, 11) is 0. The Morgan fingerprint density at radius 3 is 2.35 bits per heavy atom. The Morgan fingerprint density at radius 1 is 1.04 bits per heavy atom. The standard InChI is InChI=1S/C20H24ClNO/c1-3-14-22-20(4-2)17-7-11-19(12-8-17)23-15-13-16-5-9-18(21)10-6-16/h5-12,14,20H,3-4,13,15H2,1-2H3. The summed E-state index contributed by atoms with van der Waals surface area (Å²) in [6.45, 7) is 4.92. The highest BCUT2D eigenvalue weighted by Crippen LogP contribution is 2.23. The number of hydrogen-bond acceptors (Lipinski definition) is 2. The second-order valence-electron chi connectivity index (χ2n) is 5.46. The van der Waals surface area contributed by atoms with Crippen molar-refractivity contribution >= 4 is 17.8 Å². The highest BCUT2D eigenvalue weighted by atomic mass is 35.5. The maximum atomic E-state index is 5.88. The fourth-order valence-electron chi connectivity index (χ4n) is 2.38. The average Bonchev–Trinajstić information content (AvgIpc) is 2.58. The summed E-state index contributed by atoms with van der Waals surface area (Å²) in [5.41, 5.74) is 2.47. The van der Waals surface area contributed by atoms with E-state index in [2.05, 4.69) is 31.0 Å². The van der Waals surface area contributed by atoms with Crippen molar-refractivity contribution in [1.29, 1.82) is 0 Å². The first-order valence-corrected chi connectivity index (χ1v) is 8.59. The molecule has 2 rings (SSSR count). The molecule has 0 aromatic heterocycles. The van der Waals surface area contributed by atoms with Crippen LogP contribution in [0.15, 0.2) is 53.5 Å². The largest absolute Gasteiger partial charge is 0.493 e. The number of aliphatic imine (C=N–C) groups is 1. The molecule has 0 spiro atoms. The summed E-state index contributed by atoms with van der Waals surface area (Å²) in [6.07, 6.45) is 4.84. The fourth-order valence-corrected chi connectivity index (χ4v) is 2.51. The van der Waals surface area contributed by atoms with E-state index in [4.69, 9.17) is 16.3 Å². The van der Waals surface area contributed by atoms with E-state index in [1.54, 1.807) is 0 Å². The van der Waals surface area contributed by atoms with Crippen molar-refractivity contribution in [2.24, 2.45) is 4.99 Å². The molecule has 0 heterocycles. The number of ether oxygens (including phenoxy) is 1. The molecule has 0 saturated carbocycles. The summed E-state index contributed by atoms with van der Waals surface area (Å²) >= 11 is 5.88. The van der Waals surface area contributed by atoms with Crippen LogP contribution in [0, 0.1) is 0 Å². The summed E-state index contributed by atoms with van der Waals surface area (Å²) < 4.78 is 5.82. The van der Waals surface area contributed by atoms with Crippen LogP contribution >= 0.6 is 11.6 Å². The minimum Gasteiger partial charge on any atom is -0.493 e. The van der Waals surface area contributed by atoms with Crippen LogP contribution in [0.5, 0.6) is 5.75 Å². The Labute approximate surface area is 144 Å². The van der Waals surface area contributed by atoms with E-state index in [9.17, 15) is 0 Å². The van der Waals surface area contributed by atoms with Crippen molar-refractivity contribution in [3.05, 3.63) is 64.7 Å². The minimum atomic E-state index is 0.248. The lowest BCUT2D eigenvalue weighted by Crippen LogP contribution is -2.01. The van der Waals surface area contributed by atoms with Crippen LogP contribution in [0.4, 0.5) is 0 Å². The predicted molar refractivity (Wildman–Crippen MR) is 98.9 cm³/mol. The van der Waals surface area contributed by atoms with E-state index in [0.29, 0.717) is 6.61 Å². The second kappa shape index (κ2) is 9.36. The first-order chi connectivity index (χ1) is 11.2. The number of halogens is 1. The number of benzene rings is 2. The highest BCUT2D eigenvalue weighted by molar-refractivity contribution is 6.30. The molecule has 1 atom stereocenters. The zero-order valence-electron chi connectivity index (χ0n) is 13.8. The number of hydrogen-bond donors (Lipinski definition) is 0. The van der Waals surface area contributed by atoms with Gasteiger partial charge in [-0.3, -0.25) is 4.99 Å². The summed E-state index contributed by atoms with van der Waals surface area (Å²) in [5, 5.41) is 0.765. The first-order valence-electron chi connectivity index (χ1n) is 8.21. The molecule has 0 N–H and O–H groups in total. The van der Waals surface area contributed by atoms with E-state index < -0.39 is 0 Å². The van der Waals surface area contributed by atoms with Crippen LogP contribution < -0.4 is 4.74 Å². The molecule has 2 aromatic carbocycles. The molecule has 0 aliphatic carbocycles. The summed E-state index contributed by atoms with van der Waals surface area (Å²) in [5.74, 6) is 0.900. The van der Waals surface area contributed by atoms with E-state index in [0.717, 1.165) is 30.0 Å². The zero-order chi connectivity index (χ0) is 16.5. The molecule has 0 aliphatic heterocycles. The Kier molecular flexibility index (Phi) is 7.15. The quantitative estimate of drug-likeness (QED) is 0.553. The zero-order valence-corrected chi connectivity index (χ0v) is 14.6. The van der Waals surface area contributed by atoms with Crippen LogP contribution in [0.3, 0.4) is 0 Å². The van der Waals surface area contributed by atoms with Gasteiger partial charge in [0.1, 0.15) is 5.75 Å². The third-order valence-corrected chi connectivity index (χ3v) is 3.94. The Bertz CT molecular complexity index is 605. The third kappa shape index (κ3) is 5.72. The third-order valence-electron chi connectivity index (χ3n) is 3.69. The molecule has 1 unspecified atom stereocenters. The Morgan fingerprint density at radius 2 is 1.74 bits per heavy atom. The molecule has 23 heavy (non-hydrogen) atoms. The van der Waals surface area contributed by atoms with E-state index >= 15 is 0 Å². The number of nitrogens with zero attached hydrogens (tertiary/aromatic N) is 1. The average molecular weight is 330 g/mol. The lowest BCUT2D eigenvalue weighted by Gasteiger charge is -2.12. The van der Waals surface area contributed by atoms with Crippen LogP contribution in [-0.4, -0.2) is 12.8 Å². The van der Waals surface area contributed by atoms with Gasteiger partial charge in [-0.25, -0.2) is 0 Å². The maximum Gasteiger partial charge on any atom is 0.119 e. The maximum absolute atomic E-state index is 5.88. The number of rotatable bonds is 8. The molecule has 0 aliphatic rings. The van der Waals surface area contributed by atoms with Gasteiger partial charge in [0.25, 0.3) is 0 Å². The van der Waals surface area contributed by atoms with E-state index in [1.165, 1.54) is 11.1 Å². The lowest BCUT2D eigenvalue weighted by atomic mass is 10.1. The molecule has 2 aromatic rings. The van der Waals surface area contributed by atoms with Crippen LogP contribution in [0.1, 0.15) is 43.9 Å². The molecule has 0 bridgehead atoms. The van der Waals surface area contributed by atoms with Crippen molar-refractivity contribution < 1.29 is 4.74 Å². The molecular formula is C20H24ClNO. The van der Waals surface area contributed by atoms with Gasteiger partial charge in [-0.05, 0) is 54.4 Å². The first kappa shape index (κ1) is 17.6. The van der Waals surface area contributed by atoms with Gasteiger partial charge in [-0.2, -0.15) is 0 Å². The van der Waals surface area contributed by atoms with Gasteiger partial charge >= 0.3 is 0 Å². The van der Waals surface area contributed by atoms with Crippen LogP contribution in [0.25, 0.3) is 0 Å². The van der Waals surface area contributed by atoms with Crippen molar-refractivity contribution in [3.8, 4) is 5.75 Å². The van der Waals surface area contributed by atoms with Gasteiger partial charge in [-0.15, -0.1) is 0 Å². The molecule has 0 fully saturated rings. The Balaban J connectivity index is 1.87.